The standard InChI is InChI=1S/C14H24O2/c1-9-4-13(8-16-9)14(15)7-12-6-10-2-3-11(12)5-10/h9-15H,2-8H2,1H3. The van der Waals surface area contributed by atoms with Gasteiger partial charge < -0.3 is 9.84 Å². The minimum Gasteiger partial charge on any atom is -0.393 e. The Hall–Kier alpha value is -0.0800. The average molecular weight is 224 g/mol. The number of hydrogen-bond acceptors (Lipinski definition) is 2. The van der Waals surface area contributed by atoms with E-state index in [4.69, 9.17) is 4.74 Å². The van der Waals surface area contributed by atoms with Gasteiger partial charge in [0.2, 0.25) is 0 Å². The van der Waals surface area contributed by atoms with E-state index in [-0.39, 0.29) is 6.10 Å². The summed E-state index contributed by atoms with van der Waals surface area (Å²) in [5.41, 5.74) is 0. The fraction of sp³-hybridized carbons (Fsp3) is 1.00. The molecule has 2 heteroatoms. The van der Waals surface area contributed by atoms with E-state index >= 15 is 0 Å². The third kappa shape index (κ3) is 2.02. The number of aliphatic hydroxyl groups excluding tert-OH is 1. The molecule has 2 saturated carbocycles. The molecule has 0 aromatic carbocycles. The first kappa shape index (κ1) is 11.0. The number of hydrogen-bond donors (Lipinski definition) is 1. The second kappa shape index (κ2) is 4.30. The molecule has 6 unspecified atom stereocenters. The molecule has 1 heterocycles. The molecule has 92 valence electrons. The van der Waals surface area contributed by atoms with Crippen LogP contribution >= 0.6 is 0 Å². The first-order chi connectivity index (χ1) is 7.72. The van der Waals surface area contributed by atoms with Crippen LogP contribution in [-0.4, -0.2) is 23.9 Å². The maximum Gasteiger partial charge on any atom is 0.0594 e. The Morgan fingerprint density at radius 1 is 1.25 bits per heavy atom. The zero-order valence-corrected chi connectivity index (χ0v) is 10.3. The minimum absolute atomic E-state index is 0.103. The van der Waals surface area contributed by atoms with E-state index in [1.54, 1.807) is 0 Å². The second-order valence-corrected chi connectivity index (χ2v) is 6.38. The summed E-state index contributed by atoms with van der Waals surface area (Å²) in [5.74, 6) is 3.18. The zero-order valence-electron chi connectivity index (χ0n) is 10.3. The number of ether oxygens (including phenoxy) is 1. The normalized spacial score (nSPS) is 48.8. The van der Waals surface area contributed by atoms with Gasteiger partial charge in [-0.05, 0) is 56.8 Å². The fourth-order valence-electron chi connectivity index (χ4n) is 4.29. The van der Waals surface area contributed by atoms with Crippen molar-refractivity contribution in [2.45, 2.75) is 57.7 Å². The predicted octanol–water partition coefficient (Wildman–Crippen LogP) is 2.60. The highest BCUT2D eigenvalue weighted by Crippen LogP contribution is 2.50. The molecule has 6 atom stereocenters. The van der Waals surface area contributed by atoms with Crippen LogP contribution < -0.4 is 0 Å². The van der Waals surface area contributed by atoms with Gasteiger partial charge in [-0.1, -0.05) is 6.42 Å². The molecule has 3 aliphatic rings. The Balaban J connectivity index is 1.51. The molecule has 1 aliphatic heterocycles. The van der Waals surface area contributed by atoms with E-state index in [1.165, 1.54) is 25.7 Å². The first-order valence-electron chi connectivity index (χ1n) is 7.02. The van der Waals surface area contributed by atoms with Crippen molar-refractivity contribution in [1.29, 1.82) is 0 Å². The SMILES string of the molecule is CC1CC(C(O)CC2CC3CCC2C3)CO1. The van der Waals surface area contributed by atoms with Crippen LogP contribution in [0, 0.1) is 23.7 Å². The maximum absolute atomic E-state index is 10.3. The highest BCUT2D eigenvalue weighted by molar-refractivity contribution is 4.92. The van der Waals surface area contributed by atoms with Gasteiger partial charge in [0.15, 0.2) is 0 Å². The molecule has 2 aliphatic carbocycles. The molecule has 0 spiro atoms. The Kier molecular flexibility index (Phi) is 2.97. The van der Waals surface area contributed by atoms with Crippen LogP contribution in [0.25, 0.3) is 0 Å². The van der Waals surface area contributed by atoms with E-state index in [1.807, 2.05) is 0 Å². The molecule has 1 N–H and O–H groups in total. The molecular formula is C14H24O2. The number of aliphatic hydroxyl groups is 1. The smallest absolute Gasteiger partial charge is 0.0594 e. The third-order valence-electron chi connectivity index (χ3n) is 5.20. The lowest BCUT2D eigenvalue weighted by Crippen LogP contribution is -2.26. The number of rotatable bonds is 3. The largest absolute Gasteiger partial charge is 0.393 e. The predicted molar refractivity (Wildman–Crippen MR) is 63.1 cm³/mol. The summed E-state index contributed by atoms with van der Waals surface area (Å²) in [6.07, 6.45) is 8.10. The summed E-state index contributed by atoms with van der Waals surface area (Å²) >= 11 is 0. The fourth-order valence-corrected chi connectivity index (χ4v) is 4.29. The average Bonchev–Trinajstić information content (AvgIpc) is 2.92. The highest BCUT2D eigenvalue weighted by atomic mass is 16.5. The summed E-state index contributed by atoms with van der Waals surface area (Å²) in [6.45, 7) is 2.90. The monoisotopic (exact) mass is 224 g/mol. The molecule has 3 rings (SSSR count). The Morgan fingerprint density at radius 2 is 2.12 bits per heavy atom. The van der Waals surface area contributed by atoms with Crippen LogP contribution in [0.2, 0.25) is 0 Å². The zero-order chi connectivity index (χ0) is 11.1. The highest BCUT2D eigenvalue weighted by Gasteiger charge is 2.41. The molecule has 3 fully saturated rings. The van der Waals surface area contributed by atoms with Gasteiger partial charge in [-0.25, -0.2) is 0 Å². The van der Waals surface area contributed by atoms with Gasteiger partial charge in [0.25, 0.3) is 0 Å². The molecule has 1 saturated heterocycles. The summed E-state index contributed by atoms with van der Waals surface area (Å²) in [4.78, 5) is 0. The van der Waals surface area contributed by atoms with Gasteiger partial charge in [-0.15, -0.1) is 0 Å². The third-order valence-corrected chi connectivity index (χ3v) is 5.20. The number of fused-ring (bicyclic) bond motifs is 2. The van der Waals surface area contributed by atoms with Crippen molar-refractivity contribution in [2.24, 2.45) is 23.7 Å². The van der Waals surface area contributed by atoms with Gasteiger partial charge in [0.05, 0.1) is 18.8 Å². The van der Waals surface area contributed by atoms with Crippen LogP contribution in [0.4, 0.5) is 0 Å². The summed E-state index contributed by atoms with van der Waals surface area (Å²) in [5, 5.41) is 10.3. The molecule has 16 heavy (non-hydrogen) atoms. The van der Waals surface area contributed by atoms with Gasteiger partial charge in [0.1, 0.15) is 0 Å². The van der Waals surface area contributed by atoms with Crippen molar-refractivity contribution in [1.82, 2.24) is 0 Å². The lowest BCUT2D eigenvalue weighted by molar-refractivity contribution is 0.0571. The molecule has 0 aromatic heterocycles. The van der Waals surface area contributed by atoms with Crippen LogP contribution in [0.15, 0.2) is 0 Å². The Bertz CT molecular complexity index is 253. The van der Waals surface area contributed by atoms with Gasteiger partial charge in [0, 0.05) is 5.92 Å². The minimum atomic E-state index is -0.103. The first-order valence-corrected chi connectivity index (χ1v) is 7.02. The van der Waals surface area contributed by atoms with Crippen LogP contribution in [0.3, 0.4) is 0 Å². The van der Waals surface area contributed by atoms with Crippen molar-refractivity contribution in [3.8, 4) is 0 Å². The summed E-state index contributed by atoms with van der Waals surface area (Å²) in [6, 6.07) is 0. The van der Waals surface area contributed by atoms with Gasteiger partial charge >= 0.3 is 0 Å². The molecule has 2 bridgehead atoms. The molecule has 0 radical (unpaired) electrons. The quantitative estimate of drug-likeness (QED) is 0.798. The summed E-state index contributed by atoms with van der Waals surface area (Å²) < 4.78 is 5.55. The lowest BCUT2D eigenvalue weighted by atomic mass is 9.82. The van der Waals surface area contributed by atoms with Crippen molar-refractivity contribution in [3.05, 3.63) is 0 Å². The molecular weight excluding hydrogens is 200 g/mol. The van der Waals surface area contributed by atoms with E-state index in [9.17, 15) is 5.11 Å². The van der Waals surface area contributed by atoms with E-state index in [0.29, 0.717) is 12.0 Å². The molecule has 0 aromatic rings. The van der Waals surface area contributed by atoms with Gasteiger partial charge in [-0.2, -0.15) is 0 Å². The van der Waals surface area contributed by atoms with Crippen LogP contribution in [0.1, 0.15) is 45.4 Å². The Labute approximate surface area is 98.4 Å². The summed E-state index contributed by atoms with van der Waals surface area (Å²) in [7, 11) is 0. The van der Waals surface area contributed by atoms with Crippen LogP contribution in [0.5, 0.6) is 0 Å². The Morgan fingerprint density at radius 3 is 2.69 bits per heavy atom. The van der Waals surface area contributed by atoms with Crippen molar-refractivity contribution >= 4 is 0 Å². The van der Waals surface area contributed by atoms with E-state index in [2.05, 4.69) is 6.92 Å². The van der Waals surface area contributed by atoms with Crippen molar-refractivity contribution in [2.75, 3.05) is 6.61 Å². The maximum atomic E-state index is 10.3. The van der Waals surface area contributed by atoms with Crippen molar-refractivity contribution in [3.63, 3.8) is 0 Å². The van der Waals surface area contributed by atoms with Crippen molar-refractivity contribution < 1.29 is 9.84 Å². The van der Waals surface area contributed by atoms with E-state index < -0.39 is 0 Å². The van der Waals surface area contributed by atoms with Crippen LogP contribution in [-0.2, 0) is 4.74 Å². The van der Waals surface area contributed by atoms with E-state index in [0.717, 1.165) is 37.2 Å². The van der Waals surface area contributed by atoms with Gasteiger partial charge in [-0.3, -0.25) is 0 Å². The topological polar surface area (TPSA) is 29.5 Å². The second-order valence-electron chi connectivity index (χ2n) is 6.38. The lowest BCUT2D eigenvalue weighted by Gasteiger charge is -2.26. The molecule has 2 nitrogen and oxygen atoms in total. The molecule has 0 amide bonds.